The number of ether oxygens (including phenoxy) is 2. The summed E-state index contributed by atoms with van der Waals surface area (Å²) in [5, 5.41) is 5.08. The highest BCUT2D eigenvalue weighted by Crippen LogP contribution is 2.17. The molecule has 0 aliphatic carbocycles. The molecule has 7 heteroatoms. The smallest absolute Gasteiger partial charge is 0.338 e. The molecule has 1 aliphatic heterocycles. The lowest BCUT2D eigenvalue weighted by Gasteiger charge is -2.22. The predicted octanol–water partition coefficient (Wildman–Crippen LogP) is 0.978. The SMILES string of the molecule is Cc1cc(C(=O)OC2CCOCC2)cc(S(N)(=O)=O)c1. The van der Waals surface area contributed by atoms with E-state index in [4.69, 9.17) is 14.6 Å². The van der Waals surface area contributed by atoms with Crippen molar-refractivity contribution in [3.8, 4) is 0 Å². The molecule has 1 aliphatic rings. The quantitative estimate of drug-likeness (QED) is 0.839. The highest BCUT2D eigenvalue weighted by atomic mass is 32.2. The van der Waals surface area contributed by atoms with E-state index in [1.54, 1.807) is 13.0 Å². The summed E-state index contributed by atoms with van der Waals surface area (Å²) in [4.78, 5) is 12.0. The zero-order valence-electron chi connectivity index (χ0n) is 11.2. The van der Waals surface area contributed by atoms with E-state index >= 15 is 0 Å². The summed E-state index contributed by atoms with van der Waals surface area (Å²) in [5.41, 5.74) is 0.830. The second kappa shape index (κ2) is 5.90. The summed E-state index contributed by atoms with van der Waals surface area (Å²) < 4.78 is 33.2. The van der Waals surface area contributed by atoms with E-state index in [0.29, 0.717) is 31.6 Å². The first kappa shape index (κ1) is 15.0. The molecular weight excluding hydrogens is 282 g/mol. The summed E-state index contributed by atoms with van der Waals surface area (Å²) in [5.74, 6) is -0.537. The van der Waals surface area contributed by atoms with Crippen molar-refractivity contribution >= 4 is 16.0 Å². The van der Waals surface area contributed by atoms with Crippen LogP contribution in [0.2, 0.25) is 0 Å². The van der Waals surface area contributed by atoms with Gasteiger partial charge in [-0.25, -0.2) is 18.4 Å². The van der Waals surface area contributed by atoms with Gasteiger partial charge in [0.1, 0.15) is 6.10 Å². The Morgan fingerprint density at radius 1 is 1.30 bits per heavy atom. The maximum absolute atomic E-state index is 12.0. The number of aryl methyl sites for hydroxylation is 1. The molecular formula is C13H17NO5S. The molecule has 1 fully saturated rings. The zero-order chi connectivity index (χ0) is 14.8. The highest BCUT2D eigenvalue weighted by Gasteiger charge is 2.20. The van der Waals surface area contributed by atoms with Crippen LogP contribution in [0.4, 0.5) is 0 Å². The Labute approximate surface area is 117 Å². The normalized spacial score (nSPS) is 16.9. The van der Waals surface area contributed by atoms with Crippen LogP contribution in [0.25, 0.3) is 0 Å². The van der Waals surface area contributed by atoms with Crippen molar-refractivity contribution in [1.82, 2.24) is 0 Å². The number of hydrogen-bond acceptors (Lipinski definition) is 5. The lowest BCUT2D eigenvalue weighted by atomic mass is 10.1. The molecule has 2 rings (SSSR count). The maximum Gasteiger partial charge on any atom is 0.338 e. The van der Waals surface area contributed by atoms with Gasteiger partial charge >= 0.3 is 5.97 Å². The highest BCUT2D eigenvalue weighted by molar-refractivity contribution is 7.89. The van der Waals surface area contributed by atoms with E-state index in [1.807, 2.05) is 0 Å². The summed E-state index contributed by atoms with van der Waals surface area (Å²) in [6.45, 7) is 2.82. The number of hydrogen-bond donors (Lipinski definition) is 1. The van der Waals surface area contributed by atoms with E-state index in [1.165, 1.54) is 12.1 Å². The minimum absolute atomic E-state index is 0.0866. The molecule has 1 saturated heterocycles. The van der Waals surface area contributed by atoms with Crippen molar-refractivity contribution in [2.24, 2.45) is 5.14 Å². The minimum atomic E-state index is -3.84. The summed E-state index contributed by atoms with van der Waals surface area (Å²) >= 11 is 0. The van der Waals surface area contributed by atoms with E-state index in [2.05, 4.69) is 0 Å². The maximum atomic E-state index is 12.0. The number of sulfonamides is 1. The molecule has 0 bridgehead atoms. The molecule has 20 heavy (non-hydrogen) atoms. The molecule has 2 N–H and O–H groups in total. The first-order valence-electron chi connectivity index (χ1n) is 6.29. The van der Waals surface area contributed by atoms with E-state index in [9.17, 15) is 13.2 Å². The number of primary sulfonamides is 1. The first-order valence-corrected chi connectivity index (χ1v) is 7.84. The molecule has 0 spiro atoms. The van der Waals surface area contributed by atoms with Gasteiger partial charge in [-0.1, -0.05) is 0 Å². The van der Waals surface area contributed by atoms with E-state index in [-0.39, 0.29) is 16.6 Å². The van der Waals surface area contributed by atoms with Gasteiger partial charge in [0.15, 0.2) is 0 Å². The van der Waals surface area contributed by atoms with Crippen LogP contribution in [0, 0.1) is 6.92 Å². The Morgan fingerprint density at radius 2 is 1.95 bits per heavy atom. The fraction of sp³-hybridized carbons (Fsp3) is 0.462. The molecule has 0 aromatic heterocycles. The number of carbonyl (C=O) groups excluding carboxylic acids is 1. The monoisotopic (exact) mass is 299 g/mol. The van der Waals surface area contributed by atoms with Gasteiger partial charge in [-0.3, -0.25) is 0 Å². The third kappa shape index (κ3) is 3.78. The predicted molar refractivity (Wildman–Crippen MR) is 71.8 cm³/mol. The van der Waals surface area contributed by atoms with Gasteiger partial charge in [-0.2, -0.15) is 0 Å². The van der Waals surface area contributed by atoms with Crippen molar-refractivity contribution in [2.75, 3.05) is 13.2 Å². The summed E-state index contributed by atoms with van der Waals surface area (Å²) in [6.07, 6.45) is 1.12. The fourth-order valence-electron chi connectivity index (χ4n) is 2.04. The molecule has 0 atom stereocenters. The van der Waals surface area contributed by atoms with Gasteiger partial charge in [0.05, 0.1) is 23.7 Å². The largest absolute Gasteiger partial charge is 0.459 e. The van der Waals surface area contributed by atoms with Gasteiger partial charge in [0, 0.05) is 12.8 Å². The number of rotatable bonds is 3. The average molecular weight is 299 g/mol. The van der Waals surface area contributed by atoms with Crippen LogP contribution in [0.15, 0.2) is 23.1 Å². The van der Waals surface area contributed by atoms with Gasteiger partial charge in [-0.05, 0) is 30.7 Å². The van der Waals surface area contributed by atoms with Crippen LogP contribution < -0.4 is 5.14 Å². The second-order valence-electron chi connectivity index (χ2n) is 4.80. The molecule has 1 aromatic rings. The van der Waals surface area contributed by atoms with Crippen molar-refractivity contribution in [3.05, 3.63) is 29.3 Å². The summed E-state index contributed by atoms with van der Waals surface area (Å²) in [7, 11) is -3.84. The van der Waals surface area contributed by atoms with Crippen LogP contribution in [0.1, 0.15) is 28.8 Å². The van der Waals surface area contributed by atoms with Crippen LogP contribution in [0.3, 0.4) is 0 Å². The van der Waals surface area contributed by atoms with Crippen molar-refractivity contribution < 1.29 is 22.7 Å². The number of esters is 1. The Morgan fingerprint density at radius 3 is 2.55 bits per heavy atom. The molecule has 0 radical (unpaired) electrons. The van der Waals surface area contributed by atoms with Crippen molar-refractivity contribution in [1.29, 1.82) is 0 Å². The zero-order valence-corrected chi connectivity index (χ0v) is 12.0. The fourth-order valence-corrected chi connectivity index (χ4v) is 2.68. The van der Waals surface area contributed by atoms with E-state index in [0.717, 1.165) is 0 Å². The standard InChI is InChI=1S/C13H17NO5S/c1-9-6-10(8-12(7-9)20(14,16)17)13(15)19-11-2-4-18-5-3-11/h6-8,11H,2-5H2,1H3,(H2,14,16,17). The Hall–Kier alpha value is -1.44. The van der Waals surface area contributed by atoms with Gasteiger partial charge < -0.3 is 9.47 Å². The molecule has 0 amide bonds. The second-order valence-corrected chi connectivity index (χ2v) is 6.36. The molecule has 0 unspecified atom stereocenters. The third-order valence-electron chi connectivity index (χ3n) is 3.06. The average Bonchev–Trinajstić information content (AvgIpc) is 2.38. The third-order valence-corrected chi connectivity index (χ3v) is 3.95. The van der Waals surface area contributed by atoms with E-state index < -0.39 is 16.0 Å². The lowest BCUT2D eigenvalue weighted by Crippen LogP contribution is -2.26. The van der Waals surface area contributed by atoms with Crippen molar-refractivity contribution in [3.63, 3.8) is 0 Å². The Kier molecular flexibility index (Phi) is 4.42. The molecule has 0 saturated carbocycles. The number of nitrogens with two attached hydrogens (primary N) is 1. The van der Waals surface area contributed by atoms with Crippen LogP contribution in [-0.2, 0) is 19.5 Å². The van der Waals surface area contributed by atoms with Gasteiger partial charge in [-0.15, -0.1) is 0 Å². The Bertz CT molecular complexity index is 605. The molecule has 6 nitrogen and oxygen atoms in total. The molecule has 1 aromatic carbocycles. The first-order chi connectivity index (χ1) is 9.36. The summed E-state index contributed by atoms with van der Waals surface area (Å²) in [6, 6.07) is 4.24. The van der Waals surface area contributed by atoms with Crippen molar-refractivity contribution in [2.45, 2.75) is 30.8 Å². The van der Waals surface area contributed by atoms with Crippen LogP contribution in [-0.4, -0.2) is 33.7 Å². The lowest BCUT2D eigenvalue weighted by molar-refractivity contribution is -0.0159. The Balaban J connectivity index is 2.19. The number of carbonyl (C=O) groups is 1. The van der Waals surface area contributed by atoms with Gasteiger partial charge in [0.25, 0.3) is 0 Å². The van der Waals surface area contributed by atoms with Gasteiger partial charge in [0.2, 0.25) is 10.0 Å². The topological polar surface area (TPSA) is 95.7 Å². The number of benzene rings is 1. The van der Waals surface area contributed by atoms with Crippen LogP contribution >= 0.6 is 0 Å². The molecule has 1 heterocycles. The van der Waals surface area contributed by atoms with Crippen LogP contribution in [0.5, 0.6) is 0 Å². The molecule has 110 valence electrons. The minimum Gasteiger partial charge on any atom is -0.459 e.